The van der Waals surface area contributed by atoms with Gasteiger partial charge in [-0.3, -0.25) is 9.98 Å². The Morgan fingerprint density at radius 1 is 0.698 bits per heavy atom. The summed E-state index contributed by atoms with van der Waals surface area (Å²) < 4.78 is 31.7. The van der Waals surface area contributed by atoms with Crippen molar-refractivity contribution < 1.29 is 23.1 Å². The number of rotatable bonds is 4. The van der Waals surface area contributed by atoms with Gasteiger partial charge in [-0.25, -0.2) is 4.79 Å². The van der Waals surface area contributed by atoms with Gasteiger partial charge in [0.2, 0.25) is 0 Å². The number of aliphatic imine (C=N–C) groups is 2. The number of aliphatic carboxylic acids is 1. The van der Waals surface area contributed by atoms with Gasteiger partial charge in [0.1, 0.15) is 11.7 Å². The third kappa shape index (κ3) is 5.65. The molecule has 2 aromatic heterocycles. The molecule has 0 aliphatic carbocycles. The Balaban J connectivity index is 0.000000423. The molecule has 220 valence electrons. The molecule has 5 N–H and O–H groups in total. The highest BCUT2D eigenvalue weighted by Gasteiger charge is 2.38. The second-order valence-corrected chi connectivity index (χ2v) is 10.6. The number of alkyl halides is 3. The van der Waals surface area contributed by atoms with Crippen LogP contribution in [0, 0.1) is 0 Å². The van der Waals surface area contributed by atoms with Crippen LogP contribution in [0.2, 0.25) is 10.0 Å². The Morgan fingerprint density at radius 3 is 1.40 bits per heavy atom. The molecular weight excluding hydrogens is 604 g/mol. The summed E-state index contributed by atoms with van der Waals surface area (Å²) in [5.41, 5.74) is 7.92. The molecule has 0 amide bonds. The van der Waals surface area contributed by atoms with E-state index in [9.17, 15) is 13.2 Å². The number of aromatic nitrogens is 2. The van der Waals surface area contributed by atoms with Crippen LogP contribution in [0.25, 0.3) is 44.3 Å². The number of hydrogen-bond acceptors (Lipinski definition) is 5. The minimum atomic E-state index is -5.08. The van der Waals surface area contributed by atoms with Crippen LogP contribution in [0.1, 0.15) is 11.1 Å². The van der Waals surface area contributed by atoms with Crippen molar-refractivity contribution in [1.29, 1.82) is 0 Å². The fourth-order valence-corrected chi connectivity index (χ4v) is 5.65. The first kappa shape index (κ1) is 28.6. The predicted molar refractivity (Wildman–Crippen MR) is 164 cm³/mol. The normalized spacial score (nSPS) is 14.6. The molecule has 0 fully saturated rings. The molecule has 0 bridgehead atoms. The third-order valence-corrected chi connectivity index (χ3v) is 7.86. The molecule has 0 spiro atoms. The molecule has 0 saturated carbocycles. The van der Waals surface area contributed by atoms with Gasteiger partial charge < -0.3 is 25.7 Å². The molecule has 0 saturated heterocycles. The second-order valence-electron chi connectivity index (χ2n) is 9.84. The summed E-state index contributed by atoms with van der Waals surface area (Å²) >= 11 is 13.6. The number of carboxylic acid groups (broad SMARTS) is 1. The van der Waals surface area contributed by atoms with E-state index in [-0.39, 0.29) is 0 Å². The average molecular weight is 627 g/mol. The largest absolute Gasteiger partial charge is 0.490 e. The van der Waals surface area contributed by atoms with E-state index in [0.717, 1.165) is 93.3 Å². The maximum atomic E-state index is 10.6. The highest BCUT2D eigenvalue weighted by molar-refractivity contribution is 6.39. The highest BCUT2D eigenvalue weighted by Crippen LogP contribution is 2.38. The van der Waals surface area contributed by atoms with Crippen LogP contribution in [-0.2, 0) is 4.79 Å². The number of benzene rings is 3. The zero-order chi connectivity index (χ0) is 30.3. The smallest absolute Gasteiger partial charge is 0.475 e. The van der Waals surface area contributed by atoms with Gasteiger partial charge in [0.05, 0.1) is 34.5 Å². The highest BCUT2D eigenvalue weighted by atomic mass is 35.5. The van der Waals surface area contributed by atoms with Crippen molar-refractivity contribution in [2.45, 2.75) is 6.18 Å². The van der Waals surface area contributed by atoms with Crippen LogP contribution < -0.4 is 10.6 Å². The summed E-state index contributed by atoms with van der Waals surface area (Å²) in [6.07, 6.45) is -5.08. The lowest BCUT2D eigenvalue weighted by molar-refractivity contribution is -0.192. The molecule has 2 aliphatic rings. The first-order chi connectivity index (χ1) is 20.6. The van der Waals surface area contributed by atoms with Crippen LogP contribution >= 0.6 is 23.2 Å². The number of carboxylic acids is 1. The molecule has 0 atom stereocenters. The van der Waals surface area contributed by atoms with E-state index in [1.54, 1.807) is 0 Å². The number of halogens is 5. The van der Waals surface area contributed by atoms with Gasteiger partial charge in [0, 0.05) is 46.0 Å². The van der Waals surface area contributed by atoms with Crippen LogP contribution in [-0.4, -0.2) is 65.1 Å². The Bertz CT molecular complexity index is 1800. The van der Waals surface area contributed by atoms with Crippen LogP contribution in [0.3, 0.4) is 0 Å². The lowest BCUT2D eigenvalue weighted by Gasteiger charge is -2.03. The summed E-state index contributed by atoms with van der Waals surface area (Å²) in [5, 5.41) is 17.2. The van der Waals surface area contributed by atoms with Crippen LogP contribution in [0.5, 0.6) is 0 Å². The standard InChI is InChI=1S/C28H22Cl2N6.C2HF3O2/c29-23-19-7-5-17(27-31-9-10-32-27)13-21(19)35-25(23)15-1-2-16(4-3-15)26-24(30)20-8-6-18(14-22(20)36-26)28-33-11-12-34-28;3-2(4,5)1(6)7/h1-8,13-14,35-36H,9-12H2,(H,31,32)(H,33,34);(H,6,7). The van der Waals surface area contributed by atoms with Crippen LogP contribution in [0.4, 0.5) is 13.2 Å². The molecule has 5 aromatic rings. The van der Waals surface area contributed by atoms with Crippen LogP contribution in [0.15, 0.2) is 70.6 Å². The van der Waals surface area contributed by atoms with Gasteiger partial charge in [-0.15, -0.1) is 0 Å². The number of amidine groups is 2. The van der Waals surface area contributed by atoms with E-state index in [0.29, 0.717) is 10.0 Å². The molecule has 7 rings (SSSR count). The monoisotopic (exact) mass is 626 g/mol. The average Bonchev–Trinajstić information content (AvgIpc) is 3.81. The Morgan fingerprint density at radius 2 is 1.07 bits per heavy atom. The van der Waals surface area contributed by atoms with Gasteiger partial charge in [0.25, 0.3) is 0 Å². The van der Waals surface area contributed by atoms with E-state index < -0.39 is 12.1 Å². The maximum absolute atomic E-state index is 10.6. The number of carbonyl (C=O) groups is 1. The number of fused-ring (bicyclic) bond motifs is 2. The number of hydrogen-bond donors (Lipinski definition) is 5. The van der Waals surface area contributed by atoms with Crippen molar-refractivity contribution in [3.8, 4) is 22.5 Å². The minimum absolute atomic E-state index is 0.713. The first-order valence-electron chi connectivity index (χ1n) is 13.2. The van der Waals surface area contributed by atoms with Crippen molar-refractivity contribution in [2.75, 3.05) is 26.2 Å². The van der Waals surface area contributed by atoms with Gasteiger partial charge in [-0.2, -0.15) is 13.2 Å². The minimum Gasteiger partial charge on any atom is -0.475 e. The molecule has 0 unspecified atom stereocenters. The molecule has 13 heteroatoms. The van der Waals surface area contributed by atoms with Gasteiger partial charge in [-0.1, -0.05) is 71.7 Å². The summed E-state index contributed by atoms with van der Waals surface area (Å²) in [5.74, 6) is -0.890. The molecular formula is C30H23Cl2F3N6O2. The molecule has 4 heterocycles. The Labute approximate surface area is 252 Å². The summed E-state index contributed by atoms with van der Waals surface area (Å²) in [7, 11) is 0. The third-order valence-electron chi connectivity index (χ3n) is 7.07. The zero-order valence-electron chi connectivity index (χ0n) is 22.2. The number of aromatic amines is 2. The lowest BCUT2D eigenvalue weighted by Crippen LogP contribution is -2.21. The van der Waals surface area contributed by atoms with E-state index in [4.69, 9.17) is 33.1 Å². The van der Waals surface area contributed by atoms with E-state index >= 15 is 0 Å². The molecule has 3 aromatic carbocycles. The van der Waals surface area contributed by atoms with Crippen molar-refractivity contribution in [1.82, 2.24) is 20.6 Å². The summed E-state index contributed by atoms with van der Waals surface area (Å²) in [6.45, 7) is 3.38. The zero-order valence-corrected chi connectivity index (χ0v) is 23.8. The second kappa shape index (κ2) is 11.3. The quantitative estimate of drug-likeness (QED) is 0.154. The summed E-state index contributed by atoms with van der Waals surface area (Å²) in [4.78, 5) is 24.9. The lowest BCUT2D eigenvalue weighted by atomic mass is 10.1. The Hall–Kier alpha value is -4.48. The molecule has 8 nitrogen and oxygen atoms in total. The van der Waals surface area contributed by atoms with Crippen molar-refractivity contribution in [2.24, 2.45) is 9.98 Å². The van der Waals surface area contributed by atoms with Crippen molar-refractivity contribution >= 4 is 62.6 Å². The molecule has 2 aliphatic heterocycles. The topological polar surface area (TPSA) is 118 Å². The first-order valence-corrected chi connectivity index (χ1v) is 14.0. The summed E-state index contributed by atoms with van der Waals surface area (Å²) in [6, 6.07) is 20.7. The predicted octanol–water partition coefficient (Wildman–Crippen LogP) is 6.62. The fraction of sp³-hybridized carbons (Fsp3) is 0.167. The Kier molecular flexibility index (Phi) is 7.53. The fourth-order valence-electron chi connectivity index (χ4n) is 5.01. The van der Waals surface area contributed by atoms with E-state index in [1.165, 1.54) is 0 Å². The van der Waals surface area contributed by atoms with Crippen molar-refractivity contribution in [3.05, 3.63) is 81.8 Å². The van der Waals surface area contributed by atoms with E-state index in [2.05, 4.69) is 91.3 Å². The maximum Gasteiger partial charge on any atom is 0.490 e. The number of H-pyrrole nitrogens is 2. The van der Waals surface area contributed by atoms with Gasteiger partial charge >= 0.3 is 12.1 Å². The van der Waals surface area contributed by atoms with Gasteiger partial charge in [0.15, 0.2) is 0 Å². The van der Waals surface area contributed by atoms with Crippen molar-refractivity contribution in [3.63, 3.8) is 0 Å². The number of nitrogens with zero attached hydrogens (tertiary/aromatic N) is 2. The molecule has 43 heavy (non-hydrogen) atoms. The number of nitrogens with one attached hydrogen (secondary N) is 4. The van der Waals surface area contributed by atoms with E-state index in [1.807, 2.05) is 0 Å². The van der Waals surface area contributed by atoms with Gasteiger partial charge in [-0.05, 0) is 23.3 Å². The molecule has 0 radical (unpaired) electrons. The SMILES string of the molecule is Clc1c(-c2ccc(-c3[nH]c4cc(C5=NCCN5)ccc4c3Cl)cc2)[nH]c2cc(C3=NCCN3)ccc12.O=C(O)C(F)(F)F.